The van der Waals surface area contributed by atoms with Crippen molar-refractivity contribution in [2.45, 2.75) is 109 Å². The van der Waals surface area contributed by atoms with Crippen molar-refractivity contribution in [3.05, 3.63) is 76.1 Å². The summed E-state index contributed by atoms with van der Waals surface area (Å²) in [7, 11) is 0. The first-order valence-electron chi connectivity index (χ1n) is 19.8. The molecule has 0 spiro atoms. The number of nitrogens with zero attached hydrogens (tertiary/aromatic N) is 6. The molecular weight excluding hydrogens is 697 g/mol. The summed E-state index contributed by atoms with van der Waals surface area (Å²) < 4.78 is 3.17. The predicted octanol–water partition coefficient (Wildman–Crippen LogP) is 5.24. The number of anilines is 3. The van der Waals surface area contributed by atoms with E-state index in [0.717, 1.165) is 82.6 Å². The molecule has 14 nitrogen and oxygen atoms in total. The molecule has 4 amide bonds. The molecule has 1 aliphatic heterocycles. The fourth-order valence-electron chi connectivity index (χ4n) is 7.93. The van der Waals surface area contributed by atoms with E-state index in [1.807, 2.05) is 30.9 Å². The van der Waals surface area contributed by atoms with Gasteiger partial charge in [-0.2, -0.15) is 5.10 Å². The number of carbonyl (C=O) groups is 4. The van der Waals surface area contributed by atoms with E-state index in [-0.39, 0.29) is 47.2 Å². The van der Waals surface area contributed by atoms with Gasteiger partial charge in [0, 0.05) is 54.2 Å². The average molecular weight is 747 g/mol. The Labute approximate surface area is 320 Å². The van der Waals surface area contributed by atoms with Crippen LogP contribution in [-0.2, 0) is 0 Å². The van der Waals surface area contributed by atoms with Gasteiger partial charge in [-0.15, -0.1) is 5.10 Å². The summed E-state index contributed by atoms with van der Waals surface area (Å²) in [6, 6.07) is 9.12. The van der Waals surface area contributed by atoms with Crippen molar-refractivity contribution in [1.29, 1.82) is 0 Å². The normalized spacial score (nSPS) is 17.5. The van der Waals surface area contributed by atoms with Crippen molar-refractivity contribution in [3.63, 3.8) is 0 Å². The lowest BCUT2D eigenvalue weighted by atomic mass is 9.95. The van der Waals surface area contributed by atoms with Gasteiger partial charge in [-0.1, -0.05) is 25.3 Å². The first-order valence-corrected chi connectivity index (χ1v) is 19.8. The molecule has 55 heavy (non-hydrogen) atoms. The number of aromatic nitrogens is 4. The minimum Gasteiger partial charge on any atom is -0.383 e. The van der Waals surface area contributed by atoms with Crippen molar-refractivity contribution in [2.24, 2.45) is 5.73 Å². The number of nitrogen functional groups attached to an aromatic ring is 1. The third-order valence-corrected chi connectivity index (χ3v) is 11.5. The van der Waals surface area contributed by atoms with Crippen LogP contribution in [0.3, 0.4) is 0 Å². The molecule has 3 aliphatic carbocycles. The first kappa shape index (κ1) is 36.3. The van der Waals surface area contributed by atoms with Gasteiger partial charge in [0.2, 0.25) is 5.91 Å². The number of rotatable bonds is 11. The summed E-state index contributed by atoms with van der Waals surface area (Å²) in [5.41, 5.74) is 17.4. The van der Waals surface area contributed by atoms with Crippen LogP contribution in [-0.4, -0.2) is 79.3 Å². The number of hydrogen-bond donors (Lipinski definition) is 4. The van der Waals surface area contributed by atoms with E-state index in [2.05, 4.69) is 15.7 Å². The Hall–Kier alpha value is -5.66. The number of aryl methyl sites for hydroxylation is 1. The van der Waals surface area contributed by atoms with Gasteiger partial charge in [0.05, 0.1) is 17.6 Å². The number of carbonyl (C=O) groups excluding carboxylic acids is 4. The Morgan fingerprint density at radius 2 is 1.45 bits per heavy atom. The molecule has 14 heteroatoms. The van der Waals surface area contributed by atoms with E-state index in [4.69, 9.17) is 16.6 Å². The van der Waals surface area contributed by atoms with Crippen LogP contribution in [0.4, 0.5) is 17.3 Å². The zero-order chi connectivity index (χ0) is 38.4. The van der Waals surface area contributed by atoms with Gasteiger partial charge in [0.1, 0.15) is 16.9 Å². The Balaban J connectivity index is 1.24. The topological polar surface area (TPSA) is 187 Å². The standard InChI is InChI=1S/C41H50N10O4/c1-24-11-12-26(39(53)45-29-13-14-29)19-33(24)49-23-32(40(54)46-28-9-5-3-6-10-28)38(47-49)50(30-15-16-30)34-20-27(37(43)52)21-35(25(34)2)51-36(42)31(22-44-51)41(55)48-17-7-4-8-18-48/h11-12,19-23,28-30H,3-10,13-18,42H2,1-2H3,(H2,43,52)(H,45,53)(H,46,54). The molecule has 2 aromatic carbocycles. The minimum absolute atomic E-state index is 0.0257. The largest absolute Gasteiger partial charge is 0.383 e. The van der Waals surface area contributed by atoms with E-state index >= 15 is 0 Å². The van der Waals surface area contributed by atoms with Crippen molar-refractivity contribution < 1.29 is 19.2 Å². The lowest BCUT2D eigenvalue weighted by Gasteiger charge is -2.28. The summed E-state index contributed by atoms with van der Waals surface area (Å²) in [6.07, 6.45) is 14.9. The second-order valence-corrected chi connectivity index (χ2v) is 15.7. The van der Waals surface area contributed by atoms with Gasteiger partial charge in [-0.25, -0.2) is 9.36 Å². The Morgan fingerprint density at radius 1 is 0.782 bits per heavy atom. The van der Waals surface area contributed by atoms with Crippen LogP contribution in [0.2, 0.25) is 0 Å². The summed E-state index contributed by atoms with van der Waals surface area (Å²) >= 11 is 0. The van der Waals surface area contributed by atoms with Crippen LogP contribution in [0.1, 0.15) is 130 Å². The van der Waals surface area contributed by atoms with Crippen LogP contribution in [0.25, 0.3) is 11.4 Å². The summed E-state index contributed by atoms with van der Waals surface area (Å²) in [4.78, 5) is 57.7. The van der Waals surface area contributed by atoms with Gasteiger partial charge in [-0.3, -0.25) is 19.2 Å². The minimum atomic E-state index is -0.647. The third kappa shape index (κ3) is 7.41. The number of amides is 4. The fraction of sp³-hybridized carbons (Fsp3) is 0.463. The number of primary amides is 1. The third-order valence-electron chi connectivity index (χ3n) is 11.5. The monoisotopic (exact) mass is 746 g/mol. The van der Waals surface area contributed by atoms with Crippen LogP contribution >= 0.6 is 0 Å². The average Bonchev–Trinajstić information content (AvgIpc) is 4.12. The molecule has 4 aromatic rings. The van der Waals surface area contributed by atoms with Crippen molar-refractivity contribution in [1.82, 2.24) is 35.1 Å². The van der Waals surface area contributed by atoms with Crippen LogP contribution < -0.4 is 27.0 Å². The molecule has 4 aliphatic rings. The summed E-state index contributed by atoms with van der Waals surface area (Å²) in [5.74, 6) is -0.603. The smallest absolute Gasteiger partial charge is 0.259 e. The number of benzene rings is 2. The molecule has 4 fully saturated rings. The molecule has 0 unspecified atom stereocenters. The molecule has 3 saturated carbocycles. The molecule has 2 aromatic heterocycles. The molecule has 0 radical (unpaired) electrons. The Morgan fingerprint density at radius 3 is 2.15 bits per heavy atom. The Kier molecular flexibility index (Phi) is 9.82. The number of piperidine rings is 1. The van der Waals surface area contributed by atoms with Crippen LogP contribution in [0.5, 0.6) is 0 Å². The van der Waals surface area contributed by atoms with Gasteiger partial charge in [0.25, 0.3) is 17.7 Å². The summed E-state index contributed by atoms with van der Waals surface area (Å²) in [6.45, 7) is 5.19. The van der Waals surface area contributed by atoms with Crippen molar-refractivity contribution >= 4 is 41.0 Å². The lowest BCUT2D eigenvalue weighted by Crippen LogP contribution is -2.37. The maximum atomic E-state index is 14.3. The van der Waals surface area contributed by atoms with Gasteiger partial charge in [-0.05, 0) is 107 Å². The fourth-order valence-corrected chi connectivity index (χ4v) is 7.93. The molecular formula is C41H50N10O4. The zero-order valence-corrected chi connectivity index (χ0v) is 31.6. The summed E-state index contributed by atoms with van der Waals surface area (Å²) in [5, 5.41) is 16.0. The molecule has 0 atom stereocenters. The predicted molar refractivity (Wildman–Crippen MR) is 209 cm³/mol. The van der Waals surface area contributed by atoms with Crippen molar-refractivity contribution in [3.8, 4) is 11.4 Å². The molecule has 1 saturated heterocycles. The molecule has 288 valence electrons. The maximum Gasteiger partial charge on any atom is 0.259 e. The van der Waals surface area contributed by atoms with E-state index < -0.39 is 5.91 Å². The van der Waals surface area contributed by atoms with Gasteiger partial charge >= 0.3 is 0 Å². The number of hydrogen-bond acceptors (Lipinski definition) is 8. The highest BCUT2D eigenvalue weighted by Crippen LogP contribution is 2.43. The number of likely N-dealkylation sites (tertiary alicyclic amines) is 1. The highest BCUT2D eigenvalue weighted by atomic mass is 16.2. The molecule has 3 heterocycles. The van der Waals surface area contributed by atoms with Crippen molar-refractivity contribution in [2.75, 3.05) is 23.7 Å². The van der Waals surface area contributed by atoms with E-state index in [1.54, 1.807) is 34.0 Å². The first-order chi connectivity index (χ1) is 26.6. The highest BCUT2D eigenvalue weighted by Gasteiger charge is 2.37. The van der Waals surface area contributed by atoms with E-state index in [9.17, 15) is 19.2 Å². The Bertz CT molecular complexity index is 2150. The maximum absolute atomic E-state index is 14.3. The van der Waals surface area contributed by atoms with Gasteiger partial charge < -0.3 is 31.9 Å². The van der Waals surface area contributed by atoms with E-state index in [1.165, 1.54) is 10.9 Å². The molecule has 6 N–H and O–H groups in total. The second kappa shape index (κ2) is 14.9. The van der Waals surface area contributed by atoms with Gasteiger partial charge in [0.15, 0.2) is 5.82 Å². The quantitative estimate of drug-likeness (QED) is 0.161. The van der Waals surface area contributed by atoms with Crippen LogP contribution in [0.15, 0.2) is 42.7 Å². The SMILES string of the molecule is Cc1ccc(C(=O)NC2CC2)cc1-n1cc(C(=O)NC2CCCCC2)c(N(c2cc(C(N)=O)cc(-n3ncc(C(=O)N4CCCCC4)c3N)c2C)C2CC2)n1. The highest BCUT2D eigenvalue weighted by molar-refractivity contribution is 6.02. The molecule has 0 bridgehead atoms. The van der Waals surface area contributed by atoms with E-state index in [0.29, 0.717) is 58.2 Å². The van der Waals surface area contributed by atoms with Crippen LogP contribution in [0, 0.1) is 13.8 Å². The number of nitrogens with one attached hydrogen (secondary N) is 2. The molecule has 8 rings (SSSR count). The zero-order valence-electron chi connectivity index (χ0n) is 31.6. The second-order valence-electron chi connectivity index (χ2n) is 15.7. The lowest BCUT2D eigenvalue weighted by molar-refractivity contribution is 0.0724. The number of nitrogens with two attached hydrogens (primary N) is 2.